The summed E-state index contributed by atoms with van der Waals surface area (Å²) in [6.45, 7) is 6.44. The van der Waals surface area contributed by atoms with Crippen molar-refractivity contribution in [3.8, 4) is 0 Å². The van der Waals surface area contributed by atoms with Gasteiger partial charge in [0.25, 0.3) is 0 Å². The lowest BCUT2D eigenvalue weighted by molar-refractivity contribution is -0.154. The number of carbonyl (C=O) groups excluding carboxylic acids is 2. The van der Waals surface area contributed by atoms with E-state index in [2.05, 4.69) is 45.1 Å². The highest BCUT2D eigenvalue weighted by Gasteiger charge is 2.32. The molecule has 0 aromatic heterocycles. The zero-order valence-corrected chi connectivity index (χ0v) is 23.2. The average molecular weight is 516 g/mol. The van der Waals surface area contributed by atoms with Crippen LogP contribution in [0.25, 0.3) is 0 Å². The van der Waals surface area contributed by atoms with Crippen LogP contribution in [0, 0.1) is 11.8 Å². The summed E-state index contributed by atoms with van der Waals surface area (Å²) in [5.41, 5.74) is 6.58. The highest BCUT2D eigenvalue weighted by molar-refractivity contribution is 5.73. The van der Waals surface area contributed by atoms with Gasteiger partial charge in [-0.3, -0.25) is 9.59 Å². The maximum Gasteiger partial charge on any atom is 0.309 e. The predicted molar refractivity (Wildman–Crippen MR) is 147 cm³/mol. The molecular formula is C31H49NO5. The zero-order chi connectivity index (χ0) is 26.6. The minimum Gasteiger partial charge on any atom is -0.457 e. The highest BCUT2D eigenvalue weighted by atomic mass is 16.5. The van der Waals surface area contributed by atoms with E-state index in [1.54, 1.807) is 0 Å². The van der Waals surface area contributed by atoms with Gasteiger partial charge < -0.3 is 19.9 Å². The fourth-order valence-electron chi connectivity index (χ4n) is 5.80. The lowest BCUT2D eigenvalue weighted by atomic mass is 9.90. The molecule has 4 bridgehead atoms. The largest absolute Gasteiger partial charge is 0.457 e. The number of amides is 1. The van der Waals surface area contributed by atoms with Crippen molar-refractivity contribution in [1.29, 1.82) is 0 Å². The second-order valence-electron chi connectivity index (χ2n) is 11.4. The van der Waals surface area contributed by atoms with E-state index in [0.29, 0.717) is 18.4 Å². The number of fused-ring (bicyclic) bond motifs is 4. The van der Waals surface area contributed by atoms with Crippen molar-refractivity contribution >= 4 is 11.9 Å². The van der Waals surface area contributed by atoms with E-state index < -0.39 is 0 Å². The maximum absolute atomic E-state index is 13.1. The van der Waals surface area contributed by atoms with Crippen molar-refractivity contribution in [2.24, 2.45) is 17.6 Å². The smallest absolute Gasteiger partial charge is 0.309 e. The molecule has 7 unspecified atom stereocenters. The van der Waals surface area contributed by atoms with Crippen molar-refractivity contribution in [3.05, 3.63) is 36.0 Å². The number of hydrogen-bond acceptors (Lipinski definition) is 5. The number of nitrogens with two attached hydrogens (primary N) is 1. The van der Waals surface area contributed by atoms with Gasteiger partial charge in [0, 0.05) is 18.8 Å². The van der Waals surface area contributed by atoms with Crippen LogP contribution in [0.4, 0.5) is 0 Å². The van der Waals surface area contributed by atoms with Crippen molar-refractivity contribution in [2.45, 2.75) is 135 Å². The van der Waals surface area contributed by atoms with Gasteiger partial charge in [-0.1, -0.05) is 50.1 Å². The van der Waals surface area contributed by atoms with Crippen LogP contribution in [-0.4, -0.2) is 42.4 Å². The lowest BCUT2D eigenvalue weighted by Crippen LogP contribution is -2.37. The molecule has 0 aromatic rings. The Kier molecular flexibility index (Phi) is 12.4. The quantitative estimate of drug-likeness (QED) is 0.243. The van der Waals surface area contributed by atoms with Gasteiger partial charge in [0.05, 0.1) is 30.8 Å². The van der Waals surface area contributed by atoms with Crippen LogP contribution in [-0.2, 0) is 23.8 Å². The molecule has 1 amide bonds. The first-order valence-electron chi connectivity index (χ1n) is 14.6. The van der Waals surface area contributed by atoms with E-state index in [1.165, 1.54) is 12.0 Å². The minimum absolute atomic E-state index is 0.0663. The van der Waals surface area contributed by atoms with Gasteiger partial charge in [0.1, 0.15) is 6.10 Å². The Hall–Kier alpha value is -1.92. The molecule has 0 radical (unpaired) electrons. The summed E-state index contributed by atoms with van der Waals surface area (Å²) in [5, 5.41) is 0. The first-order chi connectivity index (χ1) is 17.8. The molecule has 2 fully saturated rings. The Balaban J connectivity index is 1.69. The third-order valence-electron chi connectivity index (χ3n) is 7.91. The number of allylic oxidation sites excluding steroid dienone is 3. The molecule has 3 aliphatic rings. The maximum atomic E-state index is 13.1. The molecule has 2 saturated heterocycles. The number of carbonyl (C=O) groups is 2. The molecule has 208 valence electrons. The third-order valence-corrected chi connectivity index (χ3v) is 7.91. The van der Waals surface area contributed by atoms with E-state index in [1.807, 2.05) is 6.08 Å². The molecule has 3 aliphatic heterocycles. The minimum atomic E-state index is -0.314. The van der Waals surface area contributed by atoms with Crippen molar-refractivity contribution in [3.63, 3.8) is 0 Å². The predicted octanol–water partition coefficient (Wildman–Crippen LogP) is 6.33. The Morgan fingerprint density at radius 1 is 0.973 bits per heavy atom. The molecule has 0 saturated carbocycles. The van der Waals surface area contributed by atoms with Crippen LogP contribution in [0.15, 0.2) is 36.0 Å². The monoisotopic (exact) mass is 515 g/mol. The zero-order valence-electron chi connectivity index (χ0n) is 23.2. The second-order valence-corrected chi connectivity index (χ2v) is 11.4. The second kappa shape index (κ2) is 15.5. The summed E-state index contributed by atoms with van der Waals surface area (Å²) in [6, 6.07) is 0. The number of hydrogen-bond donors (Lipinski definition) is 1. The van der Waals surface area contributed by atoms with Gasteiger partial charge >= 0.3 is 5.97 Å². The van der Waals surface area contributed by atoms with Crippen molar-refractivity contribution in [1.82, 2.24) is 0 Å². The molecule has 2 N–H and O–H groups in total. The fourth-order valence-corrected chi connectivity index (χ4v) is 5.80. The first kappa shape index (κ1) is 29.6. The Morgan fingerprint density at radius 3 is 2.46 bits per heavy atom. The molecule has 0 spiro atoms. The molecule has 6 nitrogen and oxygen atoms in total. The van der Waals surface area contributed by atoms with Gasteiger partial charge in [0.15, 0.2) is 0 Å². The van der Waals surface area contributed by atoms with Gasteiger partial charge in [-0.2, -0.15) is 0 Å². The fraction of sp³-hybridized carbons (Fsp3) is 0.742. The van der Waals surface area contributed by atoms with Gasteiger partial charge in [0.2, 0.25) is 5.91 Å². The van der Waals surface area contributed by atoms with E-state index in [-0.39, 0.29) is 48.6 Å². The normalized spacial score (nSPS) is 34.9. The van der Waals surface area contributed by atoms with Crippen molar-refractivity contribution in [2.75, 3.05) is 0 Å². The average Bonchev–Trinajstić information content (AvgIpc) is 2.85. The third kappa shape index (κ3) is 10.8. The van der Waals surface area contributed by atoms with Crippen LogP contribution >= 0.6 is 0 Å². The highest BCUT2D eigenvalue weighted by Crippen LogP contribution is 2.33. The Labute approximate surface area is 224 Å². The lowest BCUT2D eigenvalue weighted by Gasteiger charge is -2.37. The molecule has 3 rings (SSSR count). The van der Waals surface area contributed by atoms with Crippen LogP contribution < -0.4 is 5.73 Å². The summed E-state index contributed by atoms with van der Waals surface area (Å²) in [7, 11) is 0. The van der Waals surface area contributed by atoms with Crippen LogP contribution in [0.2, 0.25) is 0 Å². The number of ether oxygens (including phenoxy) is 3. The van der Waals surface area contributed by atoms with E-state index >= 15 is 0 Å². The van der Waals surface area contributed by atoms with Gasteiger partial charge in [-0.05, 0) is 76.7 Å². The Morgan fingerprint density at radius 2 is 1.70 bits per heavy atom. The molecule has 6 heteroatoms. The molecule has 37 heavy (non-hydrogen) atoms. The SMILES string of the molecule is CC=C1CC2CC(=O)OC(C=CCCCCCC(N)=O)C(C)C=CC(C)CC3CCCC(CC(C1)O2)O3. The first-order valence-corrected chi connectivity index (χ1v) is 14.6. The van der Waals surface area contributed by atoms with Crippen LogP contribution in [0.5, 0.6) is 0 Å². The van der Waals surface area contributed by atoms with Gasteiger partial charge in [-0.25, -0.2) is 0 Å². The van der Waals surface area contributed by atoms with Gasteiger partial charge in [-0.15, -0.1) is 0 Å². The summed E-state index contributed by atoms with van der Waals surface area (Å²) < 4.78 is 19.0. The standard InChI is InChI=1S/C31H49NO5/c1-4-24-18-27-20-26-12-10-11-25(35-26)17-22(2)15-16-23(3)29(37-31(34)21-28(19-24)36-27)13-8-6-5-7-9-14-30(32)33/h4,8,13,15-16,22-23,25-29H,5-7,9-12,14,17-21H2,1-3H3,(H2,32,33). The van der Waals surface area contributed by atoms with E-state index in [4.69, 9.17) is 19.9 Å². The molecule has 0 aliphatic carbocycles. The van der Waals surface area contributed by atoms with Crippen LogP contribution in [0.1, 0.15) is 104 Å². The summed E-state index contributed by atoms with van der Waals surface area (Å²) in [4.78, 5) is 24.0. The number of cyclic esters (lactones) is 1. The number of primary amides is 1. The molecule has 7 atom stereocenters. The molecule has 0 aromatic carbocycles. The summed E-state index contributed by atoms with van der Waals surface area (Å²) >= 11 is 0. The van der Waals surface area contributed by atoms with E-state index in [0.717, 1.165) is 64.2 Å². The van der Waals surface area contributed by atoms with Crippen LogP contribution in [0.3, 0.4) is 0 Å². The summed E-state index contributed by atoms with van der Waals surface area (Å²) in [6.07, 6.45) is 22.3. The Bertz CT molecular complexity index is 818. The summed E-state index contributed by atoms with van der Waals surface area (Å²) in [5.74, 6) is 0.0193. The number of unbranched alkanes of at least 4 members (excludes halogenated alkanes) is 3. The topological polar surface area (TPSA) is 87.9 Å². The molecule has 3 heterocycles. The number of esters is 1. The molecular weight excluding hydrogens is 466 g/mol. The van der Waals surface area contributed by atoms with E-state index in [9.17, 15) is 9.59 Å². The van der Waals surface area contributed by atoms with Crippen molar-refractivity contribution < 1.29 is 23.8 Å². The number of rotatable bonds is 7.